The Bertz CT molecular complexity index is 616. The van der Waals surface area contributed by atoms with E-state index in [1.165, 1.54) is 6.07 Å². The highest BCUT2D eigenvalue weighted by atomic mass is 79.9. The number of halogens is 2. The predicted octanol–water partition coefficient (Wildman–Crippen LogP) is 1.46. The quantitative estimate of drug-likeness (QED) is 0.736. The zero-order valence-corrected chi connectivity index (χ0v) is 8.68. The van der Waals surface area contributed by atoms with Gasteiger partial charge in [0.15, 0.2) is 5.82 Å². The van der Waals surface area contributed by atoms with Gasteiger partial charge in [0, 0.05) is 0 Å². The number of nitrogens with one attached hydrogen (secondary N) is 2. The molecule has 0 bridgehead atoms. The molecule has 5 nitrogen and oxygen atoms in total. The minimum Gasteiger partial charge on any atom is -0.478 e. The van der Waals surface area contributed by atoms with Gasteiger partial charge in [-0.3, -0.25) is 0 Å². The van der Waals surface area contributed by atoms with Gasteiger partial charge in [-0.15, -0.1) is 0 Å². The van der Waals surface area contributed by atoms with E-state index in [0.717, 1.165) is 0 Å². The van der Waals surface area contributed by atoms with Crippen LogP contribution in [0.15, 0.2) is 15.3 Å². The second-order valence-electron chi connectivity index (χ2n) is 2.85. The Labute approximate surface area is 90.1 Å². The van der Waals surface area contributed by atoms with Crippen LogP contribution in [0.3, 0.4) is 0 Å². The minimum absolute atomic E-state index is 0.0114. The number of carboxylic acids is 1. The first kappa shape index (κ1) is 9.91. The molecule has 7 heteroatoms. The standard InChI is InChI=1S/C8H4BrFN2O3/c9-2-1-3-6(12-8(15)11-3)4(5(2)10)7(13)14/h1H,(H,13,14)(H2,11,12,15). The number of aromatic nitrogens is 2. The van der Waals surface area contributed by atoms with Crippen molar-refractivity contribution in [3.63, 3.8) is 0 Å². The van der Waals surface area contributed by atoms with Crippen LogP contribution >= 0.6 is 15.9 Å². The molecule has 0 aliphatic carbocycles. The van der Waals surface area contributed by atoms with E-state index in [2.05, 4.69) is 25.9 Å². The molecule has 0 amide bonds. The predicted molar refractivity (Wildman–Crippen MR) is 53.5 cm³/mol. The van der Waals surface area contributed by atoms with Gasteiger partial charge < -0.3 is 15.1 Å². The first-order valence-corrected chi connectivity index (χ1v) is 4.63. The maximum atomic E-state index is 13.4. The van der Waals surface area contributed by atoms with Gasteiger partial charge in [0.25, 0.3) is 0 Å². The van der Waals surface area contributed by atoms with Crippen LogP contribution in [-0.4, -0.2) is 21.0 Å². The number of aromatic carboxylic acids is 1. The molecule has 0 aliphatic heterocycles. The Morgan fingerprint density at radius 2 is 2.13 bits per heavy atom. The molecule has 0 saturated heterocycles. The molecule has 2 rings (SSSR count). The number of carboxylic acid groups (broad SMARTS) is 1. The van der Waals surface area contributed by atoms with Crippen LogP contribution in [0.5, 0.6) is 0 Å². The molecule has 15 heavy (non-hydrogen) atoms. The van der Waals surface area contributed by atoms with Crippen molar-refractivity contribution >= 4 is 32.9 Å². The fourth-order valence-corrected chi connectivity index (χ4v) is 1.75. The third-order valence-electron chi connectivity index (χ3n) is 1.92. The Morgan fingerprint density at radius 3 is 2.73 bits per heavy atom. The molecule has 0 aliphatic rings. The van der Waals surface area contributed by atoms with Crippen molar-refractivity contribution in [1.29, 1.82) is 0 Å². The molecule has 0 radical (unpaired) electrons. The van der Waals surface area contributed by atoms with Crippen molar-refractivity contribution in [3.05, 3.63) is 32.4 Å². The van der Waals surface area contributed by atoms with Crippen molar-refractivity contribution in [3.8, 4) is 0 Å². The van der Waals surface area contributed by atoms with E-state index in [-0.39, 0.29) is 15.5 Å². The van der Waals surface area contributed by atoms with Gasteiger partial charge in [-0.1, -0.05) is 0 Å². The third kappa shape index (κ3) is 1.44. The summed E-state index contributed by atoms with van der Waals surface area (Å²) in [5.41, 5.74) is -0.943. The summed E-state index contributed by atoms with van der Waals surface area (Å²) in [6.07, 6.45) is 0. The lowest BCUT2D eigenvalue weighted by Crippen LogP contribution is -2.04. The topological polar surface area (TPSA) is 85.9 Å². The van der Waals surface area contributed by atoms with E-state index in [4.69, 9.17) is 5.11 Å². The van der Waals surface area contributed by atoms with Gasteiger partial charge in [0.1, 0.15) is 5.56 Å². The first-order chi connectivity index (χ1) is 7.00. The number of hydrogen-bond acceptors (Lipinski definition) is 2. The molecule has 0 saturated carbocycles. The van der Waals surface area contributed by atoms with Crippen LogP contribution in [0.4, 0.5) is 4.39 Å². The number of imidazole rings is 1. The van der Waals surface area contributed by atoms with E-state index in [9.17, 15) is 14.0 Å². The van der Waals surface area contributed by atoms with Crippen molar-refractivity contribution in [2.45, 2.75) is 0 Å². The van der Waals surface area contributed by atoms with E-state index >= 15 is 0 Å². The Morgan fingerprint density at radius 1 is 1.47 bits per heavy atom. The first-order valence-electron chi connectivity index (χ1n) is 3.84. The monoisotopic (exact) mass is 274 g/mol. The fraction of sp³-hybridized carbons (Fsp3) is 0. The van der Waals surface area contributed by atoms with E-state index in [0.29, 0.717) is 0 Å². The van der Waals surface area contributed by atoms with Gasteiger partial charge >= 0.3 is 11.7 Å². The summed E-state index contributed by atoms with van der Waals surface area (Å²) >= 11 is 2.87. The summed E-state index contributed by atoms with van der Waals surface area (Å²) in [6.45, 7) is 0. The number of aromatic amines is 2. The van der Waals surface area contributed by atoms with Crippen LogP contribution in [0.2, 0.25) is 0 Å². The number of rotatable bonds is 1. The van der Waals surface area contributed by atoms with Crippen molar-refractivity contribution < 1.29 is 14.3 Å². The van der Waals surface area contributed by atoms with Crippen LogP contribution in [0, 0.1) is 5.82 Å². The van der Waals surface area contributed by atoms with Crippen molar-refractivity contribution in [2.75, 3.05) is 0 Å². The van der Waals surface area contributed by atoms with Gasteiger partial charge in [0.2, 0.25) is 0 Å². The zero-order valence-electron chi connectivity index (χ0n) is 7.10. The maximum absolute atomic E-state index is 13.4. The highest BCUT2D eigenvalue weighted by Gasteiger charge is 2.19. The molecule has 78 valence electrons. The normalized spacial score (nSPS) is 10.8. The summed E-state index contributed by atoms with van der Waals surface area (Å²) in [6, 6.07) is 1.30. The Balaban J connectivity index is 3.01. The lowest BCUT2D eigenvalue weighted by Gasteiger charge is -2.01. The molecule has 1 heterocycles. The number of carbonyl (C=O) groups is 1. The van der Waals surface area contributed by atoms with Crippen LogP contribution < -0.4 is 5.69 Å². The van der Waals surface area contributed by atoms with Crippen molar-refractivity contribution in [2.24, 2.45) is 0 Å². The average molecular weight is 275 g/mol. The van der Waals surface area contributed by atoms with Crippen LogP contribution in [0.1, 0.15) is 10.4 Å². The summed E-state index contributed by atoms with van der Waals surface area (Å²) < 4.78 is 13.4. The van der Waals surface area contributed by atoms with E-state index in [1.807, 2.05) is 0 Å². The molecular formula is C8H4BrFN2O3. The molecule has 2 aromatic rings. The molecular weight excluding hydrogens is 271 g/mol. The Kier molecular flexibility index (Phi) is 2.11. The Hall–Kier alpha value is -1.63. The number of hydrogen-bond donors (Lipinski definition) is 3. The molecule has 3 N–H and O–H groups in total. The SMILES string of the molecule is O=C(O)c1c(F)c(Br)cc2[nH]c(=O)[nH]c12. The molecule has 0 unspecified atom stereocenters. The summed E-state index contributed by atoms with van der Waals surface area (Å²) in [5.74, 6) is -2.35. The fourth-order valence-electron chi connectivity index (χ4n) is 1.32. The second kappa shape index (κ2) is 3.20. The average Bonchev–Trinajstić information content (AvgIpc) is 2.46. The minimum atomic E-state index is -1.44. The summed E-state index contributed by atoms with van der Waals surface area (Å²) in [4.78, 5) is 26.3. The summed E-state index contributed by atoms with van der Waals surface area (Å²) in [5, 5.41) is 8.80. The van der Waals surface area contributed by atoms with Gasteiger partial charge in [-0.25, -0.2) is 14.0 Å². The van der Waals surface area contributed by atoms with Gasteiger partial charge in [0.05, 0.1) is 15.5 Å². The van der Waals surface area contributed by atoms with Crippen LogP contribution in [-0.2, 0) is 0 Å². The maximum Gasteiger partial charge on any atom is 0.340 e. The molecule has 0 fully saturated rings. The number of fused-ring (bicyclic) bond motifs is 1. The summed E-state index contributed by atoms with van der Waals surface area (Å²) in [7, 11) is 0. The van der Waals surface area contributed by atoms with Gasteiger partial charge in [-0.2, -0.15) is 0 Å². The number of benzene rings is 1. The highest BCUT2D eigenvalue weighted by Crippen LogP contribution is 2.25. The molecule has 0 atom stereocenters. The van der Waals surface area contributed by atoms with E-state index in [1.54, 1.807) is 0 Å². The lowest BCUT2D eigenvalue weighted by atomic mass is 10.2. The smallest absolute Gasteiger partial charge is 0.340 e. The van der Waals surface area contributed by atoms with Gasteiger partial charge in [-0.05, 0) is 22.0 Å². The molecule has 0 spiro atoms. The third-order valence-corrected chi connectivity index (χ3v) is 2.50. The largest absolute Gasteiger partial charge is 0.478 e. The van der Waals surface area contributed by atoms with Crippen LogP contribution in [0.25, 0.3) is 11.0 Å². The molecule has 1 aromatic heterocycles. The molecule has 1 aromatic carbocycles. The lowest BCUT2D eigenvalue weighted by molar-refractivity contribution is 0.0694. The highest BCUT2D eigenvalue weighted by molar-refractivity contribution is 9.10. The zero-order chi connectivity index (χ0) is 11.2. The number of H-pyrrole nitrogens is 2. The van der Waals surface area contributed by atoms with E-state index < -0.39 is 23.0 Å². The second-order valence-corrected chi connectivity index (χ2v) is 3.71. The van der Waals surface area contributed by atoms with Crippen molar-refractivity contribution in [1.82, 2.24) is 9.97 Å².